The van der Waals surface area contributed by atoms with E-state index >= 15 is 0 Å². The smallest absolute Gasteiger partial charge is 0.282 e. The van der Waals surface area contributed by atoms with Gasteiger partial charge in [-0.1, -0.05) is 0 Å². The van der Waals surface area contributed by atoms with Gasteiger partial charge >= 0.3 is 0 Å². The lowest BCUT2D eigenvalue weighted by Crippen LogP contribution is -2.44. The number of anilines is 2. The fourth-order valence-corrected chi connectivity index (χ4v) is 5.32. The van der Waals surface area contributed by atoms with Crippen LogP contribution in [0.5, 0.6) is 0 Å². The van der Waals surface area contributed by atoms with Crippen molar-refractivity contribution in [3.63, 3.8) is 0 Å². The molecule has 1 unspecified atom stereocenters. The Bertz CT molecular complexity index is 1330. The molecule has 3 aromatic rings. The molecule has 3 aromatic heterocycles. The maximum Gasteiger partial charge on any atom is 0.282 e. The number of piperazine rings is 1. The van der Waals surface area contributed by atoms with Gasteiger partial charge in [0.15, 0.2) is 5.65 Å². The standard InChI is InChI=1S/C23H30F2N8O2S/c1-36(34,35)28-13-16-3-2-8-32(15-16)22-12-17(11-21(29-22)31-9-6-26-7-10-31)19-14-27-20-5-4-18(23(24)25)30-33(19)20/h4-5,11-12,14,16,23,26,28H,2-3,6-10,13,15H2,1H3. The van der Waals surface area contributed by atoms with Crippen molar-refractivity contribution in [2.75, 3.05) is 61.9 Å². The molecule has 2 aliphatic rings. The van der Waals surface area contributed by atoms with E-state index in [-0.39, 0.29) is 11.6 Å². The number of fused-ring (bicyclic) bond motifs is 1. The zero-order valence-electron chi connectivity index (χ0n) is 20.1. The number of piperidine rings is 1. The Labute approximate surface area is 208 Å². The van der Waals surface area contributed by atoms with Crippen LogP contribution in [0.25, 0.3) is 16.9 Å². The van der Waals surface area contributed by atoms with Crippen molar-refractivity contribution >= 4 is 27.3 Å². The van der Waals surface area contributed by atoms with E-state index in [1.165, 1.54) is 16.8 Å². The minimum Gasteiger partial charge on any atom is -0.356 e. The first-order valence-corrected chi connectivity index (χ1v) is 14.0. The molecule has 5 rings (SSSR count). The van der Waals surface area contributed by atoms with Crippen LogP contribution in [-0.2, 0) is 10.0 Å². The molecule has 194 valence electrons. The monoisotopic (exact) mass is 520 g/mol. The number of nitrogens with one attached hydrogen (secondary N) is 2. The van der Waals surface area contributed by atoms with Gasteiger partial charge in [0.2, 0.25) is 10.0 Å². The first kappa shape index (κ1) is 24.8. The SMILES string of the molecule is CS(=O)(=O)NCC1CCCN(c2cc(-c3cnc4ccc(C(F)F)nn34)cc(N3CCNCC3)n2)C1. The minimum absolute atomic E-state index is 0.160. The van der Waals surface area contributed by atoms with Gasteiger partial charge in [-0.15, -0.1) is 0 Å². The number of aromatic nitrogens is 4. The molecule has 0 bridgehead atoms. The van der Waals surface area contributed by atoms with Crippen LogP contribution in [0.1, 0.15) is 25.0 Å². The van der Waals surface area contributed by atoms with Crippen molar-refractivity contribution in [2.24, 2.45) is 5.92 Å². The van der Waals surface area contributed by atoms with Crippen LogP contribution in [-0.4, -0.2) is 80.1 Å². The number of hydrogen-bond donors (Lipinski definition) is 2. The van der Waals surface area contributed by atoms with Crippen LogP contribution in [0.3, 0.4) is 0 Å². The topological polar surface area (TPSA) is 108 Å². The summed E-state index contributed by atoms with van der Waals surface area (Å²) in [5, 5.41) is 7.48. The molecule has 1 atom stereocenters. The maximum absolute atomic E-state index is 13.4. The van der Waals surface area contributed by atoms with E-state index in [0.717, 1.165) is 62.8 Å². The highest BCUT2D eigenvalue weighted by Gasteiger charge is 2.24. The Kier molecular flexibility index (Phi) is 7.04. The van der Waals surface area contributed by atoms with Gasteiger partial charge in [0.1, 0.15) is 17.3 Å². The van der Waals surface area contributed by atoms with Gasteiger partial charge in [0.05, 0.1) is 18.1 Å². The van der Waals surface area contributed by atoms with Crippen LogP contribution >= 0.6 is 0 Å². The summed E-state index contributed by atoms with van der Waals surface area (Å²) in [6.45, 7) is 5.15. The number of halogens is 2. The largest absolute Gasteiger partial charge is 0.356 e. The Morgan fingerprint density at radius 2 is 1.89 bits per heavy atom. The van der Waals surface area contributed by atoms with Crippen LogP contribution in [0.2, 0.25) is 0 Å². The summed E-state index contributed by atoms with van der Waals surface area (Å²) in [7, 11) is -3.26. The van der Waals surface area contributed by atoms with Crippen molar-refractivity contribution in [2.45, 2.75) is 19.3 Å². The van der Waals surface area contributed by atoms with Crippen LogP contribution in [0.15, 0.2) is 30.5 Å². The number of sulfonamides is 1. The number of rotatable bonds is 7. The summed E-state index contributed by atoms with van der Waals surface area (Å²) >= 11 is 0. The van der Waals surface area contributed by atoms with E-state index in [1.807, 2.05) is 12.1 Å². The molecule has 0 aliphatic carbocycles. The van der Waals surface area contributed by atoms with Gasteiger partial charge in [-0.2, -0.15) is 5.10 Å². The van der Waals surface area contributed by atoms with E-state index < -0.39 is 16.4 Å². The lowest BCUT2D eigenvalue weighted by Gasteiger charge is -2.35. The molecule has 0 aromatic carbocycles. The summed E-state index contributed by atoms with van der Waals surface area (Å²) < 4.78 is 54.0. The number of imidazole rings is 1. The normalized spacial score (nSPS) is 19.4. The fourth-order valence-electron chi connectivity index (χ4n) is 4.78. The minimum atomic E-state index is -3.26. The maximum atomic E-state index is 13.4. The number of nitrogens with zero attached hydrogens (tertiary/aromatic N) is 6. The third-order valence-electron chi connectivity index (χ3n) is 6.62. The second kappa shape index (κ2) is 10.2. The molecule has 0 saturated carbocycles. The Hall–Kier alpha value is -2.90. The quantitative estimate of drug-likeness (QED) is 0.487. The van der Waals surface area contributed by atoms with Gasteiger partial charge in [0, 0.05) is 51.4 Å². The molecular formula is C23H30F2N8O2S. The molecule has 2 fully saturated rings. The van der Waals surface area contributed by atoms with E-state index in [9.17, 15) is 17.2 Å². The van der Waals surface area contributed by atoms with Gasteiger partial charge in [-0.05, 0) is 43.0 Å². The highest BCUT2D eigenvalue weighted by molar-refractivity contribution is 7.88. The van der Waals surface area contributed by atoms with E-state index in [0.29, 0.717) is 24.4 Å². The van der Waals surface area contributed by atoms with Crippen molar-refractivity contribution in [3.05, 3.63) is 36.2 Å². The first-order chi connectivity index (χ1) is 17.3. The van der Waals surface area contributed by atoms with Crippen LogP contribution < -0.4 is 19.8 Å². The molecular weight excluding hydrogens is 490 g/mol. The fraction of sp³-hybridized carbons (Fsp3) is 0.522. The zero-order valence-corrected chi connectivity index (χ0v) is 20.9. The highest BCUT2D eigenvalue weighted by Crippen LogP contribution is 2.31. The highest BCUT2D eigenvalue weighted by atomic mass is 32.2. The Balaban J connectivity index is 1.52. The molecule has 0 spiro atoms. The number of pyridine rings is 1. The Morgan fingerprint density at radius 1 is 1.14 bits per heavy atom. The third kappa shape index (κ3) is 5.57. The molecule has 13 heteroatoms. The number of hydrogen-bond acceptors (Lipinski definition) is 8. The number of alkyl halides is 2. The van der Waals surface area contributed by atoms with Crippen LogP contribution in [0, 0.1) is 5.92 Å². The molecule has 0 amide bonds. The zero-order chi connectivity index (χ0) is 25.3. The average Bonchev–Trinajstić information content (AvgIpc) is 3.31. The van der Waals surface area contributed by atoms with Gasteiger partial charge in [-0.25, -0.2) is 36.4 Å². The molecule has 0 radical (unpaired) electrons. The second-order valence-electron chi connectivity index (χ2n) is 9.36. The molecule has 36 heavy (non-hydrogen) atoms. The van der Waals surface area contributed by atoms with Gasteiger partial charge < -0.3 is 15.1 Å². The summed E-state index contributed by atoms with van der Waals surface area (Å²) in [5.41, 5.74) is 1.58. The van der Waals surface area contributed by atoms with Crippen molar-refractivity contribution in [1.29, 1.82) is 0 Å². The lowest BCUT2D eigenvalue weighted by atomic mass is 9.98. The molecule has 2 N–H and O–H groups in total. The van der Waals surface area contributed by atoms with Gasteiger partial charge in [0.25, 0.3) is 6.43 Å². The first-order valence-electron chi connectivity index (χ1n) is 12.1. The second-order valence-corrected chi connectivity index (χ2v) is 11.2. The van der Waals surface area contributed by atoms with Crippen molar-refractivity contribution in [3.8, 4) is 11.3 Å². The van der Waals surface area contributed by atoms with E-state index in [1.54, 1.807) is 12.3 Å². The molecule has 10 nitrogen and oxygen atoms in total. The predicted octanol–water partition coefficient (Wildman–Crippen LogP) is 1.90. The Morgan fingerprint density at radius 3 is 2.61 bits per heavy atom. The third-order valence-corrected chi connectivity index (χ3v) is 7.31. The molecule has 5 heterocycles. The van der Waals surface area contributed by atoms with E-state index in [2.05, 4.69) is 29.9 Å². The predicted molar refractivity (Wildman–Crippen MR) is 134 cm³/mol. The summed E-state index contributed by atoms with van der Waals surface area (Å²) in [5.74, 6) is 1.73. The van der Waals surface area contributed by atoms with Gasteiger partial charge in [-0.3, -0.25) is 0 Å². The molecule has 2 saturated heterocycles. The molecule has 2 aliphatic heterocycles. The average molecular weight is 521 g/mol. The van der Waals surface area contributed by atoms with E-state index in [4.69, 9.17) is 4.98 Å². The summed E-state index contributed by atoms with van der Waals surface area (Å²) in [6, 6.07) is 6.74. The van der Waals surface area contributed by atoms with Crippen molar-refractivity contribution < 1.29 is 17.2 Å². The van der Waals surface area contributed by atoms with Crippen LogP contribution in [0.4, 0.5) is 20.4 Å². The lowest BCUT2D eigenvalue weighted by molar-refractivity contribution is 0.144. The van der Waals surface area contributed by atoms with Crippen molar-refractivity contribution in [1.82, 2.24) is 29.6 Å². The summed E-state index contributed by atoms with van der Waals surface area (Å²) in [6.07, 6.45) is 1.98. The summed E-state index contributed by atoms with van der Waals surface area (Å²) in [4.78, 5) is 13.7.